The van der Waals surface area contributed by atoms with Gasteiger partial charge in [0.2, 0.25) is 0 Å². The average Bonchev–Trinajstić information content (AvgIpc) is 2.66. The Balaban J connectivity index is 1.57. The Morgan fingerprint density at radius 1 is 0.880 bits per heavy atom. The third-order valence-corrected chi connectivity index (χ3v) is 3.72. The molecule has 5 heteroatoms. The summed E-state index contributed by atoms with van der Waals surface area (Å²) in [6, 6.07) is 24.3. The maximum atomic E-state index is 10.7. The van der Waals surface area contributed by atoms with Crippen LogP contribution < -0.4 is 10.1 Å². The van der Waals surface area contributed by atoms with Crippen molar-refractivity contribution in [2.45, 2.75) is 13.2 Å². The van der Waals surface area contributed by atoms with Crippen molar-refractivity contribution >= 4 is 11.4 Å². The van der Waals surface area contributed by atoms with Crippen molar-refractivity contribution < 1.29 is 9.66 Å². The number of benzene rings is 3. The molecule has 0 atom stereocenters. The molecular weight excluding hydrogens is 316 g/mol. The van der Waals surface area contributed by atoms with Gasteiger partial charge in [0.25, 0.3) is 5.69 Å². The van der Waals surface area contributed by atoms with E-state index in [1.54, 1.807) is 12.1 Å². The van der Waals surface area contributed by atoms with E-state index >= 15 is 0 Å². The fraction of sp³-hybridized carbons (Fsp3) is 0.100. The van der Waals surface area contributed by atoms with E-state index in [0.29, 0.717) is 13.2 Å². The summed E-state index contributed by atoms with van der Waals surface area (Å²) in [5, 5.41) is 13.9. The predicted molar refractivity (Wildman–Crippen MR) is 97.6 cm³/mol. The van der Waals surface area contributed by atoms with Crippen LogP contribution in [-0.4, -0.2) is 4.92 Å². The fourth-order valence-electron chi connectivity index (χ4n) is 2.39. The average molecular weight is 334 g/mol. The van der Waals surface area contributed by atoms with Crippen LogP contribution in [0.1, 0.15) is 11.1 Å². The Hall–Kier alpha value is -3.34. The standard InChI is InChI=1S/C20H18N2O3/c23-22(24)19-11-9-18(10-12-19)21-14-17-7-4-8-20(13-17)25-15-16-5-2-1-3-6-16/h1-13,21H,14-15H2. The number of nitro groups is 1. The molecule has 1 N–H and O–H groups in total. The largest absolute Gasteiger partial charge is 0.489 e. The quantitative estimate of drug-likeness (QED) is 0.498. The van der Waals surface area contributed by atoms with Gasteiger partial charge in [-0.1, -0.05) is 42.5 Å². The Kier molecular flexibility index (Phi) is 5.26. The predicted octanol–water partition coefficient (Wildman–Crippen LogP) is 4.79. The number of ether oxygens (including phenoxy) is 1. The van der Waals surface area contributed by atoms with Gasteiger partial charge in [-0.05, 0) is 35.4 Å². The fourth-order valence-corrected chi connectivity index (χ4v) is 2.39. The number of rotatable bonds is 7. The molecule has 0 fully saturated rings. The minimum absolute atomic E-state index is 0.0851. The van der Waals surface area contributed by atoms with Gasteiger partial charge in [-0.2, -0.15) is 0 Å². The van der Waals surface area contributed by atoms with Crippen LogP contribution in [0, 0.1) is 10.1 Å². The molecule has 3 aromatic carbocycles. The van der Waals surface area contributed by atoms with Gasteiger partial charge in [0.05, 0.1) is 4.92 Å². The highest BCUT2D eigenvalue weighted by atomic mass is 16.6. The normalized spacial score (nSPS) is 10.2. The molecule has 0 saturated heterocycles. The number of nitrogens with one attached hydrogen (secondary N) is 1. The van der Waals surface area contributed by atoms with Gasteiger partial charge >= 0.3 is 0 Å². The zero-order valence-electron chi connectivity index (χ0n) is 13.6. The summed E-state index contributed by atoms with van der Waals surface area (Å²) in [7, 11) is 0. The highest BCUT2D eigenvalue weighted by molar-refractivity contribution is 5.49. The van der Waals surface area contributed by atoms with E-state index < -0.39 is 4.92 Å². The molecule has 25 heavy (non-hydrogen) atoms. The second-order valence-electron chi connectivity index (χ2n) is 5.58. The van der Waals surface area contributed by atoms with Crippen molar-refractivity contribution in [3.63, 3.8) is 0 Å². The van der Waals surface area contributed by atoms with Crippen LogP contribution in [-0.2, 0) is 13.2 Å². The molecule has 3 rings (SSSR count). The van der Waals surface area contributed by atoms with E-state index in [4.69, 9.17) is 4.74 Å². The first-order chi connectivity index (χ1) is 12.2. The Morgan fingerprint density at radius 3 is 2.32 bits per heavy atom. The first kappa shape index (κ1) is 16.5. The second kappa shape index (κ2) is 7.97. The van der Waals surface area contributed by atoms with Crippen molar-refractivity contribution in [2.75, 3.05) is 5.32 Å². The lowest BCUT2D eigenvalue weighted by molar-refractivity contribution is -0.384. The number of hydrogen-bond donors (Lipinski definition) is 1. The van der Waals surface area contributed by atoms with Crippen LogP contribution in [0.2, 0.25) is 0 Å². The summed E-state index contributed by atoms with van der Waals surface area (Å²) >= 11 is 0. The highest BCUT2D eigenvalue weighted by Crippen LogP contribution is 2.18. The molecule has 3 aromatic rings. The minimum atomic E-state index is -0.405. The molecule has 0 aliphatic rings. The van der Waals surface area contributed by atoms with Crippen LogP contribution >= 0.6 is 0 Å². The lowest BCUT2D eigenvalue weighted by Crippen LogP contribution is -2.00. The minimum Gasteiger partial charge on any atom is -0.489 e. The topological polar surface area (TPSA) is 64.4 Å². The molecule has 0 aliphatic heterocycles. The van der Waals surface area contributed by atoms with Crippen LogP contribution in [0.25, 0.3) is 0 Å². The Morgan fingerprint density at radius 2 is 1.60 bits per heavy atom. The van der Waals surface area contributed by atoms with E-state index in [2.05, 4.69) is 5.32 Å². The van der Waals surface area contributed by atoms with E-state index in [-0.39, 0.29) is 5.69 Å². The van der Waals surface area contributed by atoms with E-state index in [0.717, 1.165) is 22.6 Å². The maximum Gasteiger partial charge on any atom is 0.269 e. The molecule has 0 aromatic heterocycles. The molecular formula is C20H18N2O3. The summed E-state index contributed by atoms with van der Waals surface area (Å²) < 4.78 is 5.82. The smallest absolute Gasteiger partial charge is 0.269 e. The lowest BCUT2D eigenvalue weighted by Gasteiger charge is -2.10. The molecule has 0 radical (unpaired) electrons. The third kappa shape index (κ3) is 4.81. The monoisotopic (exact) mass is 334 g/mol. The third-order valence-electron chi connectivity index (χ3n) is 3.72. The number of anilines is 1. The van der Waals surface area contributed by atoms with E-state index in [9.17, 15) is 10.1 Å². The van der Waals surface area contributed by atoms with Gasteiger partial charge in [-0.3, -0.25) is 10.1 Å². The molecule has 0 bridgehead atoms. The van der Waals surface area contributed by atoms with Crippen molar-refractivity contribution in [3.05, 3.63) is 100 Å². The molecule has 0 unspecified atom stereocenters. The first-order valence-corrected chi connectivity index (χ1v) is 7.95. The zero-order chi connectivity index (χ0) is 17.5. The van der Waals surface area contributed by atoms with Gasteiger partial charge in [-0.15, -0.1) is 0 Å². The van der Waals surface area contributed by atoms with E-state index in [1.807, 2.05) is 54.6 Å². The van der Waals surface area contributed by atoms with Crippen LogP contribution in [0.4, 0.5) is 11.4 Å². The van der Waals surface area contributed by atoms with Gasteiger partial charge in [0, 0.05) is 24.4 Å². The van der Waals surface area contributed by atoms with Gasteiger partial charge in [0.15, 0.2) is 0 Å². The van der Waals surface area contributed by atoms with E-state index in [1.165, 1.54) is 12.1 Å². The summed E-state index contributed by atoms with van der Waals surface area (Å²) in [5.41, 5.74) is 3.11. The summed E-state index contributed by atoms with van der Waals surface area (Å²) in [6.07, 6.45) is 0. The van der Waals surface area contributed by atoms with Crippen molar-refractivity contribution in [2.24, 2.45) is 0 Å². The summed E-state index contributed by atoms with van der Waals surface area (Å²) in [6.45, 7) is 1.14. The first-order valence-electron chi connectivity index (χ1n) is 7.95. The van der Waals surface area contributed by atoms with Crippen LogP contribution in [0.15, 0.2) is 78.9 Å². The Labute approximate surface area is 146 Å². The molecule has 0 saturated carbocycles. The molecule has 0 amide bonds. The summed E-state index contributed by atoms with van der Waals surface area (Å²) in [4.78, 5) is 10.3. The number of nitro benzene ring substituents is 1. The molecule has 126 valence electrons. The molecule has 0 aliphatic carbocycles. The van der Waals surface area contributed by atoms with Gasteiger partial charge < -0.3 is 10.1 Å². The van der Waals surface area contributed by atoms with Gasteiger partial charge in [0.1, 0.15) is 12.4 Å². The highest BCUT2D eigenvalue weighted by Gasteiger charge is 2.04. The second-order valence-corrected chi connectivity index (χ2v) is 5.58. The van der Waals surface area contributed by atoms with Crippen molar-refractivity contribution in [1.29, 1.82) is 0 Å². The zero-order valence-corrected chi connectivity index (χ0v) is 13.6. The maximum absolute atomic E-state index is 10.7. The molecule has 5 nitrogen and oxygen atoms in total. The molecule has 0 heterocycles. The summed E-state index contributed by atoms with van der Waals surface area (Å²) in [5.74, 6) is 0.812. The number of hydrogen-bond acceptors (Lipinski definition) is 4. The number of nitrogens with zero attached hydrogens (tertiary/aromatic N) is 1. The van der Waals surface area contributed by atoms with Crippen LogP contribution in [0.5, 0.6) is 5.75 Å². The number of non-ortho nitro benzene ring substituents is 1. The SMILES string of the molecule is O=[N+]([O-])c1ccc(NCc2cccc(OCc3ccccc3)c2)cc1. The van der Waals surface area contributed by atoms with Gasteiger partial charge in [-0.25, -0.2) is 0 Å². The van der Waals surface area contributed by atoms with Crippen LogP contribution in [0.3, 0.4) is 0 Å². The van der Waals surface area contributed by atoms with Crippen molar-refractivity contribution in [1.82, 2.24) is 0 Å². The Bertz CT molecular complexity index is 833. The molecule has 0 spiro atoms. The van der Waals surface area contributed by atoms with Crippen molar-refractivity contribution in [3.8, 4) is 5.75 Å². The lowest BCUT2D eigenvalue weighted by atomic mass is 10.2.